The van der Waals surface area contributed by atoms with Crippen molar-refractivity contribution < 1.29 is 0 Å². The molecular weight excluding hydrogens is 442 g/mol. The first kappa shape index (κ1) is 18.2. The summed E-state index contributed by atoms with van der Waals surface area (Å²) in [4.78, 5) is 9.86. The third-order valence-corrected chi connectivity index (χ3v) is 5.80. The number of nitrogens with zero attached hydrogens (tertiary/aromatic N) is 3. The van der Waals surface area contributed by atoms with E-state index in [0.717, 1.165) is 36.8 Å². The van der Waals surface area contributed by atoms with Crippen LogP contribution in [-0.2, 0) is 6.54 Å². The maximum Gasteiger partial charge on any atom is 0.190 e. The van der Waals surface area contributed by atoms with Crippen LogP contribution in [0.1, 0.15) is 5.56 Å². The first-order chi connectivity index (χ1) is 13.2. The Morgan fingerprint density at radius 3 is 2.74 bits per heavy atom. The Morgan fingerprint density at radius 2 is 1.96 bits per heavy atom. The fourth-order valence-electron chi connectivity index (χ4n) is 2.78. The van der Waals surface area contributed by atoms with Gasteiger partial charge in [-0.25, -0.2) is 4.99 Å². The normalized spacial score (nSPS) is 11.7. The SMILES string of the molecule is Clc1ccccc1Cn1c(-c2cccc(Br)c2)csc1=Nc1cccnc1. The van der Waals surface area contributed by atoms with Crippen molar-refractivity contribution in [1.82, 2.24) is 9.55 Å². The zero-order chi connectivity index (χ0) is 18.6. The second kappa shape index (κ2) is 8.21. The second-order valence-corrected chi connectivity index (χ2v) is 8.07. The first-order valence-corrected chi connectivity index (χ1v) is 10.4. The highest BCUT2D eigenvalue weighted by Gasteiger charge is 2.11. The molecule has 0 radical (unpaired) electrons. The Kier molecular flexibility index (Phi) is 5.53. The Labute approximate surface area is 174 Å². The van der Waals surface area contributed by atoms with Crippen LogP contribution in [0, 0.1) is 0 Å². The van der Waals surface area contributed by atoms with E-state index in [1.807, 2.05) is 48.5 Å². The molecule has 0 saturated carbocycles. The number of hydrogen-bond donors (Lipinski definition) is 0. The van der Waals surface area contributed by atoms with Gasteiger partial charge in [0, 0.05) is 26.6 Å². The quantitative estimate of drug-likeness (QED) is 0.354. The van der Waals surface area contributed by atoms with Gasteiger partial charge in [0.2, 0.25) is 0 Å². The lowest BCUT2D eigenvalue weighted by molar-refractivity contribution is 0.778. The van der Waals surface area contributed by atoms with Crippen LogP contribution in [0.5, 0.6) is 0 Å². The number of thiazole rings is 1. The van der Waals surface area contributed by atoms with Crippen LogP contribution in [0.25, 0.3) is 11.3 Å². The number of pyridine rings is 1. The molecule has 0 fully saturated rings. The molecule has 0 amide bonds. The van der Waals surface area contributed by atoms with Crippen LogP contribution in [0.2, 0.25) is 5.02 Å². The zero-order valence-corrected chi connectivity index (χ0v) is 17.4. The van der Waals surface area contributed by atoms with Crippen LogP contribution in [-0.4, -0.2) is 9.55 Å². The maximum absolute atomic E-state index is 6.42. The second-order valence-electron chi connectivity index (χ2n) is 5.91. The number of halogens is 2. The average molecular weight is 457 g/mol. The van der Waals surface area contributed by atoms with Gasteiger partial charge in [0.05, 0.1) is 24.1 Å². The van der Waals surface area contributed by atoms with Gasteiger partial charge in [-0.1, -0.05) is 57.9 Å². The minimum atomic E-state index is 0.643. The molecule has 4 aromatic rings. The molecule has 0 atom stereocenters. The van der Waals surface area contributed by atoms with Crippen molar-refractivity contribution in [2.75, 3.05) is 0 Å². The van der Waals surface area contributed by atoms with Crippen LogP contribution < -0.4 is 4.80 Å². The summed E-state index contributed by atoms with van der Waals surface area (Å²) in [5.41, 5.74) is 4.11. The summed E-state index contributed by atoms with van der Waals surface area (Å²) in [5, 5.41) is 2.89. The zero-order valence-electron chi connectivity index (χ0n) is 14.2. The third kappa shape index (κ3) is 4.21. The minimum Gasteiger partial charge on any atom is -0.312 e. The van der Waals surface area contributed by atoms with Crippen LogP contribution >= 0.6 is 38.9 Å². The van der Waals surface area contributed by atoms with E-state index in [0.29, 0.717) is 6.54 Å². The maximum atomic E-state index is 6.42. The topological polar surface area (TPSA) is 30.2 Å². The number of benzene rings is 2. The Morgan fingerprint density at radius 1 is 1.07 bits per heavy atom. The highest BCUT2D eigenvalue weighted by atomic mass is 79.9. The lowest BCUT2D eigenvalue weighted by Crippen LogP contribution is -2.17. The predicted molar refractivity (Wildman–Crippen MR) is 115 cm³/mol. The van der Waals surface area contributed by atoms with E-state index in [4.69, 9.17) is 16.6 Å². The molecule has 0 spiro atoms. The van der Waals surface area contributed by atoms with E-state index in [1.165, 1.54) is 0 Å². The molecule has 0 aliphatic carbocycles. The summed E-state index contributed by atoms with van der Waals surface area (Å²) in [6.45, 7) is 0.643. The molecule has 27 heavy (non-hydrogen) atoms. The van der Waals surface area contributed by atoms with Crippen molar-refractivity contribution in [3.8, 4) is 11.3 Å². The molecule has 0 saturated heterocycles. The summed E-state index contributed by atoms with van der Waals surface area (Å²) in [7, 11) is 0. The van der Waals surface area contributed by atoms with Crippen molar-refractivity contribution in [2.45, 2.75) is 6.54 Å². The monoisotopic (exact) mass is 455 g/mol. The van der Waals surface area contributed by atoms with E-state index >= 15 is 0 Å². The number of aromatic nitrogens is 2. The van der Waals surface area contributed by atoms with Gasteiger partial charge in [-0.05, 0) is 35.9 Å². The molecule has 0 N–H and O–H groups in total. The Bertz CT molecular complexity index is 1140. The standard InChI is InChI=1S/C21H15BrClN3S/c22-17-7-3-6-15(11-17)20-14-27-21(25-18-8-4-10-24-12-18)26(20)13-16-5-1-2-9-19(16)23/h1-12,14H,13H2. The Hall–Kier alpha value is -2.21. The van der Waals surface area contributed by atoms with Crippen LogP contribution in [0.4, 0.5) is 5.69 Å². The third-order valence-electron chi connectivity index (χ3n) is 4.08. The van der Waals surface area contributed by atoms with Crippen molar-refractivity contribution in [3.63, 3.8) is 0 Å². The van der Waals surface area contributed by atoms with Crippen molar-refractivity contribution in [2.24, 2.45) is 4.99 Å². The highest BCUT2D eigenvalue weighted by Crippen LogP contribution is 2.26. The summed E-state index contributed by atoms with van der Waals surface area (Å²) >= 11 is 11.6. The molecule has 0 aliphatic heterocycles. The first-order valence-electron chi connectivity index (χ1n) is 8.33. The molecule has 6 heteroatoms. The van der Waals surface area contributed by atoms with Gasteiger partial charge in [-0.3, -0.25) is 4.98 Å². The highest BCUT2D eigenvalue weighted by molar-refractivity contribution is 9.10. The van der Waals surface area contributed by atoms with E-state index in [1.54, 1.807) is 23.7 Å². The van der Waals surface area contributed by atoms with E-state index < -0.39 is 0 Å². The average Bonchev–Trinajstić information content (AvgIpc) is 3.07. The fourth-order valence-corrected chi connectivity index (χ4v) is 4.30. The summed E-state index contributed by atoms with van der Waals surface area (Å²) < 4.78 is 3.24. The molecule has 0 aliphatic rings. The van der Waals surface area contributed by atoms with Crippen molar-refractivity contribution in [3.05, 3.63) is 98.3 Å². The molecule has 3 nitrogen and oxygen atoms in total. The molecular formula is C21H15BrClN3S. The molecule has 2 heterocycles. The largest absolute Gasteiger partial charge is 0.312 e. The van der Waals surface area contributed by atoms with Gasteiger partial charge < -0.3 is 4.57 Å². The van der Waals surface area contributed by atoms with E-state index in [9.17, 15) is 0 Å². The van der Waals surface area contributed by atoms with Gasteiger partial charge in [-0.2, -0.15) is 0 Å². The molecule has 2 aromatic carbocycles. The molecule has 134 valence electrons. The number of hydrogen-bond acceptors (Lipinski definition) is 3. The van der Waals surface area contributed by atoms with Crippen molar-refractivity contribution >= 4 is 44.6 Å². The van der Waals surface area contributed by atoms with Crippen LogP contribution in [0.3, 0.4) is 0 Å². The van der Waals surface area contributed by atoms with Crippen LogP contribution in [0.15, 0.2) is 87.9 Å². The molecule has 0 bridgehead atoms. The predicted octanol–water partition coefficient (Wildman–Crippen LogP) is 6.31. The van der Waals surface area contributed by atoms with Gasteiger partial charge in [0.25, 0.3) is 0 Å². The Balaban J connectivity index is 1.88. The molecule has 4 rings (SSSR count). The summed E-state index contributed by atoms with van der Waals surface area (Å²) in [6, 6.07) is 20.0. The van der Waals surface area contributed by atoms with E-state index in [-0.39, 0.29) is 0 Å². The lowest BCUT2D eigenvalue weighted by Gasteiger charge is -2.11. The summed E-state index contributed by atoms with van der Waals surface area (Å²) in [6.07, 6.45) is 3.51. The van der Waals surface area contributed by atoms with Gasteiger partial charge in [-0.15, -0.1) is 11.3 Å². The number of rotatable bonds is 4. The summed E-state index contributed by atoms with van der Waals surface area (Å²) in [5.74, 6) is 0. The molecule has 0 unspecified atom stereocenters. The van der Waals surface area contributed by atoms with Gasteiger partial charge in [0.1, 0.15) is 0 Å². The van der Waals surface area contributed by atoms with Gasteiger partial charge >= 0.3 is 0 Å². The smallest absolute Gasteiger partial charge is 0.190 e. The van der Waals surface area contributed by atoms with Crippen molar-refractivity contribution in [1.29, 1.82) is 0 Å². The fraction of sp³-hybridized carbons (Fsp3) is 0.0476. The lowest BCUT2D eigenvalue weighted by atomic mass is 10.1. The van der Waals surface area contributed by atoms with Gasteiger partial charge in [0.15, 0.2) is 4.80 Å². The molecule has 2 aromatic heterocycles. The minimum absolute atomic E-state index is 0.643. The van der Waals surface area contributed by atoms with E-state index in [2.05, 4.69) is 43.0 Å².